The van der Waals surface area contributed by atoms with E-state index < -0.39 is 0 Å². The average molecular weight is 340 g/mol. The van der Waals surface area contributed by atoms with Crippen LogP contribution in [0.1, 0.15) is 30.0 Å². The predicted molar refractivity (Wildman–Crippen MR) is 92.9 cm³/mol. The Morgan fingerprint density at radius 1 is 1.16 bits per heavy atom. The van der Waals surface area contributed by atoms with E-state index in [4.69, 9.17) is 0 Å². The second-order valence-corrected chi connectivity index (χ2v) is 6.31. The number of likely N-dealkylation sites (tertiary alicyclic amines) is 1. The van der Waals surface area contributed by atoms with Gasteiger partial charge in [-0.2, -0.15) is 0 Å². The van der Waals surface area contributed by atoms with Crippen molar-refractivity contribution in [3.63, 3.8) is 0 Å². The fraction of sp³-hybridized carbons (Fsp3) is 0.300. The van der Waals surface area contributed by atoms with Crippen molar-refractivity contribution in [2.24, 2.45) is 5.92 Å². The molecular weight excluding hydrogens is 319 g/mol. The molecule has 130 valence electrons. The third-order valence-corrected chi connectivity index (χ3v) is 4.75. The first-order valence-corrected chi connectivity index (χ1v) is 8.39. The molecule has 2 amide bonds. The molecule has 0 aromatic heterocycles. The molecule has 25 heavy (non-hydrogen) atoms. The van der Waals surface area contributed by atoms with Crippen molar-refractivity contribution in [3.05, 3.63) is 71.5 Å². The summed E-state index contributed by atoms with van der Waals surface area (Å²) in [6.45, 7) is 0.140. The molecule has 1 saturated heterocycles. The summed E-state index contributed by atoms with van der Waals surface area (Å²) in [5, 5.41) is 2.83. The lowest BCUT2D eigenvalue weighted by molar-refractivity contribution is -0.141. The van der Waals surface area contributed by atoms with Crippen LogP contribution in [0.2, 0.25) is 0 Å². The Kier molecular flexibility index (Phi) is 5.12. The zero-order valence-corrected chi connectivity index (χ0v) is 14.1. The number of amides is 2. The molecule has 1 heterocycles. The predicted octanol–water partition coefficient (Wildman–Crippen LogP) is 3.05. The number of carbonyl (C=O) groups excluding carboxylic acids is 2. The zero-order chi connectivity index (χ0) is 17.8. The van der Waals surface area contributed by atoms with Crippen LogP contribution < -0.4 is 5.32 Å². The number of nitrogens with one attached hydrogen (secondary N) is 1. The lowest BCUT2D eigenvalue weighted by Crippen LogP contribution is -2.46. The summed E-state index contributed by atoms with van der Waals surface area (Å²) in [6.07, 6.45) is 0.837. The monoisotopic (exact) mass is 340 g/mol. The van der Waals surface area contributed by atoms with Crippen LogP contribution in [0.15, 0.2) is 54.6 Å². The molecule has 1 fully saturated rings. The first-order valence-electron chi connectivity index (χ1n) is 8.39. The molecule has 0 spiro atoms. The summed E-state index contributed by atoms with van der Waals surface area (Å²) in [6, 6.07) is 15.6. The van der Waals surface area contributed by atoms with Crippen molar-refractivity contribution >= 4 is 11.8 Å². The fourth-order valence-corrected chi connectivity index (χ4v) is 3.37. The number of piperidine rings is 1. The Balaban J connectivity index is 1.77. The number of carbonyl (C=O) groups is 2. The minimum Gasteiger partial charge on any atom is -0.352 e. The number of halogens is 1. The van der Waals surface area contributed by atoms with E-state index in [1.54, 1.807) is 30.1 Å². The summed E-state index contributed by atoms with van der Waals surface area (Å²) in [4.78, 5) is 26.5. The van der Waals surface area contributed by atoms with Crippen molar-refractivity contribution in [1.82, 2.24) is 10.2 Å². The molecule has 0 bridgehead atoms. The number of hydrogen-bond acceptors (Lipinski definition) is 2. The summed E-state index contributed by atoms with van der Waals surface area (Å²) in [5.41, 5.74) is 1.39. The molecule has 5 heteroatoms. The van der Waals surface area contributed by atoms with Crippen molar-refractivity contribution < 1.29 is 14.0 Å². The minimum atomic E-state index is -0.350. The van der Waals surface area contributed by atoms with Gasteiger partial charge >= 0.3 is 0 Å². The quantitative estimate of drug-likeness (QED) is 0.930. The highest BCUT2D eigenvalue weighted by molar-refractivity contribution is 5.84. The van der Waals surface area contributed by atoms with E-state index in [9.17, 15) is 14.0 Å². The van der Waals surface area contributed by atoms with Crippen LogP contribution in [-0.2, 0) is 16.1 Å². The van der Waals surface area contributed by atoms with Crippen molar-refractivity contribution in [3.8, 4) is 0 Å². The third kappa shape index (κ3) is 3.71. The second kappa shape index (κ2) is 7.47. The molecule has 0 saturated carbocycles. The molecule has 0 aliphatic carbocycles. The van der Waals surface area contributed by atoms with Gasteiger partial charge in [-0.1, -0.05) is 48.5 Å². The smallest absolute Gasteiger partial charge is 0.225 e. The Labute approximate surface area is 146 Å². The highest BCUT2D eigenvalue weighted by Gasteiger charge is 2.38. The summed E-state index contributed by atoms with van der Waals surface area (Å²) >= 11 is 0. The molecule has 2 aromatic carbocycles. The molecule has 4 nitrogen and oxygen atoms in total. The molecule has 3 rings (SSSR count). The van der Waals surface area contributed by atoms with Gasteiger partial charge in [0.25, 0.3) is 0 Å². The van der Waals surface area contributed by atoms with E-state index in [1.165, 1.54) is 6.07 Å². The molecule has 2 aromatic rings. The zero-order valence-electron chi connectivity index (χ0n) is 14.1. The van der Waals surface area contributed by atoms with E-state index in [2.05, 4.69) is 5.32 Å². The molecule has 0 unspecified atom stereocenters. The first kappa shape index (κ1) is 17.1. The van der Waals surface area contributed by atoms with E-state index in [0.717, 1.165) is 5.56 Å². The largest absolute Gasteiger partial charge is 0.352 e. The standard InChI is InChI=1S/C20H21FN2O2/c1-23-18(24)12-11-16(19(23)14-7-3-2-4-8-14)20(25)22-13-15-9-5-6-10-17(15)21/h2-10,16,19H,11-13H2,1H3,(H,22,25)/t16-,19+/m1/s1. The Hall–Kier alpha value is -2.69. The van der Waals surface area contributed by atoms with Gasteiger partial charge in [0.2, 0.25) is 11.8 Å². The van der Waals surface area contributed by atoms with Gasteiger partial charge in [-0.05, 0) is 18.1 Å². The lowest BCUT2D eigenvalue weighted by Gasteiger charge is -2.38. The van der Waals surface area contributed by atoms with Gasteiger partial charge in [-0.25, -0.2) is 4.39 Å². The molecular formula is C20H21FN2O2. The summed E-state index contributed by atoms with van der Waals surface area (Å²) in [7, 11) is 1.73. The normalized spacial score (nSPS) is 20.4. The Morgan fingerprint density at radius 2 is 1.84 bits per heavy atom. The maximum atomic E-state index is 13.7. The Morgan fingerprint density at radius 3 is 2.56 bits per heavy atom. The van der Waals surface area contributed by atoms with Crippen molar-refractivity contribution in [2.45, 2.75) is 25.4 Å². The van der Waals surface area contributed by atoms with Crippen LogP contribution in [0, 0.1) is 11.7 Å². The van der Waals surface area contributed by atoms with Crippen LogP contribution in [0.25, 0.3) is 0 Å². The van der Waals surface area contributed by atoms with Gasteiger partial charge in [-0.15, -0.1) is 0 Å². The summed E-state index contributed by atoms with van der Waals surface area (Å²) < 4.78 is 13.7. The third-order valence-electron chi connectivity index (χ3n) is 4.75. The number of rotatable bonds is 4. The summed E-state index contributed by atoms with van der Waals surface area (Å²) in [5.74, 6) is -0.807. The van der Waals surface area contributed by atoms with Gasteiger partial charge in [-0.3, -0.25) is 9.59 Å². The minimum absolute atomic E-state index is 0.0343. The molecule has 1 aliphatic rings. The van der Waals surface area contributed by atoms with Crippen LogP contribution in [0.3, 0.4) is 0 Å². The van der Waals surface area contributed by atoms with Crippen molar-refractivity contribution in [2.75, 3.05) is 7.05 Å². The van der Waals surface area contributed by atoms with E-state index >= 15 is 0 Å². The van der Waals surface area contributed by atoms with Gasteiger partial charge in [0.1, 0.15) is 5.82 Å². The first-order chi connectivity index (χ1) is 12.1. The van der Waals surface area contributed by atoms with Crippen LogP contribution in [-0.4, -0.2) is 23.8 Å². The fourth-order valence-electron chi connectivity index (χ4n) is 3.37. The maximum absolute atomic E-state index is 13.7. The van der Waals surface area contributed by atoms with E-state index in [-0.39, 0.29) is 36.1 Å². The topological polar surface area (TPSA) is 49.4 Å². The average Bonchev–Trinajstić information content (AvgIpc) is 2.63. The molecule has 0 radical (unpaired) electrons. The molecule has 1 aliphatic heterocycles. The lowest BCUT2D eigenvalue weighted by atomic mass is 9.84. The Bertz CT molecular complexity index is 763. The van der Waals surface area contributed by atoms with Crippen molar-refractivity contribution in [1.29, 1.82) is 0 Å². The second-order valence-electron chi connectivity index (χ2n) is 6.31. The van der Waals surface area contributed by atoms with E-state index in [1.807, 2.05) is 30.3 Å². The number of nitrogens with zero attached hydrogens (tertiary/aromatic N) is 1. The van der Waals surface area contributed by atoms with E-state index in [0.29, 0.717) is 18.4 Å². The molecule has 1 N–H and O–H groups in total. The van der Waals surface area contributed by atoms with Gasteiger partial charge in [0, 0.05) is 25.6 Å². The van der Waals surface area contributed by atoms with Crippen LogP contribution in [0.5, 0.6) is 0 Å². The number of benzene rings is 2. The number of hydrogen-bond donors (Lipinski definition) is 1. The van der Waals surface area contributed by atoms with Gasteiger partial charge < -0.3 is 10.2 Å². The molecule has 2 atom stereocenters. The van der Waals surface area contributed by atoms with Crippen LogP contribution in [0.4, 0.5) is 4.39 Å². The highest BCUT2D eigenvalue weighted by Crippen LogP contribution is 2.35. The highest BCUT2D eigenvalue weighted by atomic mass is 19.1. The van der Waals surface area contributed by atoms with Crippen LogP contribution >= 0.6 is 0 Å². The van der Waals surface area contributed by atoms with Gasteiger partial charge in [0.15, 0.2) is 0 Å². The van der Waals surface area contributed by atoms with Gasteiger partial charge in [0.05, 0.1) is 12.0 Å². The maximum Gasteiger partial charge on any atom is 0.225 e. The SMILES string of the molecule is CN1C(=O)CC[C@@H](C(=O)NCc2ccccc2F)[C@@H]1c1ccccc1.